The molecule has 4 nitrogen and oxygen atoms in total. The number of hydrogen-bond acceptors (Lipinski definition) is 4. The molecule has 1 rings (SSSR count). The van der Waals surface area contributed by atoms with Crippen LogP contribution in [0.4, 0.5) is 0 Å². The highest BCUT2D eigenvalue weighted by molar-refractivity contribution is 6.32. The zero-order valence-electron chi connectivity index (χ0n) is 11.8. The van der Waals surface area contributed by atoms with E-state index in [-0.39, 0.29) is 0 Å². The normalized spacial score (nSPS) is 10.5. The molecule has 0 saturated carbocycles. The molecule has 0 aliphatic heterocycles. The molecule has 0 radical (unpaired) electrons. The first-order valence-electron chi connectivity index (χ1n) is 6.41. The quantitative estimate of drug-likeness (QED) is 0.709. The van der Waals surface area contributed by atoms with E-state index in [0.717, 1.165) is 31.7 Å². The van der Waals surface area contributed by atoms with E-state index in [9.17, 15) is 0 Å². The number of rotatable bonds is 9. The minimum absolute atomic E-state index is 0.571. The fraction of sp³-hybridized carbons (Fsp3) is 0.571. The van der Waals surface area contributed by atoms with Gasteiger partial charge in [0.25, 0.3) is 0 Å². The second-order valence-electron chi connectivity index (χ2n) is 4.07. The van der Waals surface area contributed by atoms with Crippen molar-refractivity contribution in [3.63, 3.8) is 0 Å². The first-order chi connectivity index (χ1) is 9.22. The van der Waals surface area contributed by atoms with Crippen molar-refractivity contribution in [1.82, 2.24) is 5.32 Å². The standard InChI is InChI=1S/C14H22ClNO3/c1-4-19-13-9-11(8-12(15)14(13)18-3)10-16-6-5-7-17-2/h8-9,16H,4-7,10H2,1-3H3. The third kappa shape index (κ3) is 5.27. The number of hydrogen-bond donors (Lipinski definition) is 1. The Morgan fingerprint density at radius 1 is 1.26 bits per heavy atom. The second-order valence-corrected chi connectivity index (χ2v) is 4.47. The van der Waals surface area contributed by atoms with Crippen molar-refractivity contribution in [2.75, 3.05) is 34.0 Å². The summed E-state index contributed by atoms with van der Waals surface area (Å²) in [5.41, 5.74) is 1.08. The second kappa shape index (κ2) is 9.02. The molecule has 0 unspecified atom stereocenters. The van der Waals surface area contributed by atoms with Crippen molar-refractivity contribution in [2.24, 2.45) is 0 Å². The Morgan fingerprint density at radius 2 is 2.05 bits per heavy atom. The minimum atomic E-state index is 0.571. The van der Waals surface area contributed by atoms with E-state index in [1.807, 2.05) is 19.1 Å². The van der Waals surface area contributed by atoms with Crippen LogP contribution in [-0.2, 0) is 11.3 Å². The third-order valence-corrected chi connectivity index (χ3v) is 2.89. The van der Waals surface area contributed by atoms with Gasteiger partial charge >= 0.3 is 0 Å². The minimum Gasteiger partial charge on any atom is -0.491 e. The van der Waals surface area contributed by atoms with Crippen LogP contribution in [0.3, 0.4) is 0 Å². The van der Waals surface area contributed by atoms with Gasteiger partial charge in [-0.3, -0.25) is 0 Å². The highest BCUT2D eigenvalue weighted by Gasteiger charge is 2.11. The molecular formula is C14H22ClNO3. The number of ether oxygens (including phenoxy) is 3. The summed E-state index contributed by atoms with van der Waals surface area (Å²) in [7, 11) is 3.30. The number of methoxy groups -OCH3 is 2. The molecule has 1 aromatic carbocycles. The van der Waals surface area contributed by atoms with E-state index in [0.29, 0.717) is 23.1 Å². The fourth-order valence-electron chi connectivity index (χ4n) is 1.76. The highest BCUT2D eigenvalue weighted by Crippen LogP contribution is 2.36. The van der Waals surface area contributed by atoms with Crippen LogP contribution < -0.4 is 14.8 Å². The van der Waals surface area contributed by atoms with Crippen LogP contribution in [0.25, 0.3) is 0 Å². The van der Waals surface area contributed by atoms with Gasteiger partial charge < -0.3 is 19.5 Å². The molecule has 0 heterocycles. The lowest BCUT2D eigenvalue weighted by atomic mass is 10.2. The Bertz CT molecular complexity index is 385. The van der Waals surface area contributed by atoms with Crippen molar-refractivity contribution >= 4 is 11.6 Å². The molecule has 5 heteroatoms. The third-order valence-electron chi connectivity index (χ3n) is 2.60. The molecule has 0 aliphatic rings. The van der Waals surface area contributed by atoms with Gasteiger partial charge in [0.2, 0.25) is 0 Å². The van der Waals surface area contributed by atoms with Crippen LogP contribution in [0.5, 0.6) is 11.5 Å². The Labute approximate surface area is 120 Å². The molecule has 0 aromatic heterocycles. The molecule has 1 N–H and O–H groups in total. The molecule has 19 heavy (non-hydrogen) atoms. The lowest BCUT2D eigenvalue weighted by Gasteiger charge is -2.13. The summed E-state index contributed by atoms with van der Waals surface area (Å²) < 4.78 is 15.8. The highest BCUT2D eigenvalue weighted by atomic mass is 35.5. The van der Waals surface area contributed by atoms with E-state index in [1.54, 1.807) is 14.2 Å². The topological polar surface area (TPSA) is 39.7 Å². The number of nitrogens with one attached hydrogen (secondary N) is 1. The van der Waals surface area contributed by atoms with Gasteiger partial charge in [-0.15, -0.1) is 0 Å². The number of halogens is 1. The summed E-state index contributed by atoms with van der Waals surface area (Å²) in [4.78, 5) is 0. The molecule has 0 aliphatic carbocycles. The van der Waals surface area contributed by atoms with Gasteiger partial charge in [0.1, 0.15) is 0 Å². The largest absolute Gasteiger partial charge is 0.491 e. The van der Waals surface area contributed by atoms with Crippen molar-refractivity contribution < 1.29 is 14.2 Å². The van der Waals surface area contributed by atoms with Gasteiger partial charge in [-0.05, 0) is 37.6 Å². The summed E-state index contributed by atoms with van der Waals surface area (Å²) in [5, 5.41) is 3.91. The van der Waals surface area contributed by atoms with Crippen molar-refractivity contribution in [2.45, 2.75) is 19.9 Å². The van der Waals surface area contributed by atoms with E-state index >= 15 is 0 Å². The first-order valence-corrected chi connectivity index (χ1v) is 6.79. The van der Waals surface area contributed by atoms with Crippen molar-refractivity contribution in [1.29, 1.82) is 0 Å². The lowest BCUT2D eigenvalue weighted by molar-refractivity contribution is 0.194. The van der Waals surface area contributed by atoms with Crippen LogP contribution in [0.15, 0.2) is 12.1 Å². The fourth-order valence-corrected chi connectivity index (χ4v) is 2.07. The van der Waals surface area contributed by atoms with Gasteiger partial charge in [-0.1, -0.05) is 11.6 Å². The zero-order chi connectivity index (χ0) is 14.1. The summed E-state index contributed by atoms with van der Waals surface area (Å²) in [5.74, 6) is 1.28. The molecule has 0 atom stereocenters. The Morgan fingerprint density at radius 3 is 2.68 bits per heavy atom. The molecular weight excluding hydrogens is 266 g/mol. The predicted octanol–water partition coefficient (Wildman–Crippen LogP) is 2.87. The van der Waals surface area contributed by atoms with E-state index < -0.39 is 0 Å². The van der Waals surface area contributed by atoms with E-state index in [4.69, 9.17) is 25.8 Å². The zero-order valence-corrected chi connectivity index (χ0v) is 12.5. The predicted molar refractivity (Wildman–Crippen MR) is 77.4 cm³/mol. The SMILES string of the molecule is CCOc1cc(CNCCCOC)cc(Cl)c1OC. The summed E-state index contributed by atoms with van der Waals surface area (Å²) in [6.07, 6.45) is 0.985. The monoisotopic (exact) mass is 287 g/mol. The summed E-state index contributed by atoms with van der Waals surface area (Å²) in [6.45, 7) is 4.93. The maximum atomic E-state index is 6.18. The van der Waals surface area contributed by atoms with Crippen LogP contribution in [0.2, 0.25) is 5.02 Å². The van der Waals surface area contributed by atoms with Gasteiger partial charge in [0.05, 0.1) is 18.7 Å². The van der Waals surface area contributed by atoms with Gasteiger partial charge in [-0.2, -0.15) is 0 Å². The first kappa shape index (κ1) is 16.1. The average molecular weight is 288 g/mol. The molecule has 0 amide bonds. The lowest BCUT2D eigenvalue weighted by Crippen LogP contribution is -2.16. The smallest absolute Gasteiger partial charge is 0.179 e. The average Bonchev–Trinajstić information content (AvgIpc) is 2.39. The van der Waals surface area contributed by atoms with E-state index in [2.05, 4.69) is 5.32 Å². The van der Waals surface area contributed by atoms with Crippen molar-refractivity contribution in [3.05, 3.63) is 22.7 Å². The van der Waals surface area contributed by atoms with Crippen LogP contribution in [0.1, 0.15) is 18.9 Å². The van der Waals surface area contributed by atoms with Gasteiger partial charge in [0, 0.05) is 20.3 Å². The molecule has 0 spiro atoms. The van der Waals surface area contributed by atoms with Crippen LogP contribution in [0, 0.1) is 0 Å². The van der Waals surface area contributed by atoms with Gasteiger partial charge in [0.15, 0.2) is 11.5 Å². The molecule has 0 bridgehead atoms. The maximum absolute atomic E-state index is 6.18. The van der Waals surface area contributed by atoms with Gasteiger partial charge in [-0.25, -0.2) is 0 Å². The Balaban J connectivity index is 2.63. The number of benzene rings is 1. The van der Waals surface area contributed by atoms with E-state index in [1.165, 1.54) is 0 Å². The maximum Gasteiger partial charge on any atom is 0.179 e. The van der Waals surface area contributed by atoms with Crippen LogP contribution >= 0.6 is 11.6 Å². The van der Waals surface area contributed by atoms with Crippen LogP contribution in [-0.4, -0.2) is 34.0 Å². The summed E-state index contributed by atoms with van der Waals surface area (Å²) >= 11 is 6.18. The molecule has 108 valence electrons. The Kier molecular flexibility index (Phi) is 7.63. The Hall–Kier alpha value is -0.970. The molecule has 1 aromatic rings. The molecule has 0 saturated heterocycles. The van der Waals surface area contributed by atoms with Crippen molar-refractivity contribution in [3.8, 4) is 11.5 Å². The summed E-state index contributed by atoms with van der Waals surface area (Å²) in [6, 6.07) is 3.85. The molecule has 0 fully saturated rings.